The lowest BCUT2D eigenvalue weighted by Crippen LogP contribution is -2.35. The standard InChI is InChI=1S/C20H24N2O5/c1-2-25-20(24)16-6-8-18(9-7-16)27-15-17(23)13-22(11-4-10-21)14-19-5-3-12-26-19/h3,5-9,12,17,23H,2,4,11,13-15H2,1H3/t17-/m1/s1. The van der Waals surface area contributed by atoms with E-state index in [0.717, 1.165) is 5.76 Å². The molecule has 0 spiro atoms. The van der Waals surface area contributed by atoms with Crippen LogP contribution >= 0.6 is 0 Å². The van der Waals surface area contributed by atoms with Gasteiger partial charge in [0.25, 0.3) is 0 Å². The van der Waals surface area contributed by atoms with Gasteiger partial charge in [0.2, 0.25) is 0 Å². The van der Waals surface area contributed by atoms with E-state index in [9.17, 15) is 9.90 Å². The summed E-state index contributed by atoms with van der Waals surface area (Å²) in [5.41, 5.74) is 0.450. The van der Waals surface area contributed by atoms with E-state index in [0.29, 0.717) is 44.0 Å². The number of hydrogen-bond donors (Lipinski definition) is 1. The summed E-state index contributed by atoms with van der Waals surface area (Å²) in [6.07, 6.45) is 1.23. The molecule has 27 heavy (non-hydrogen) atoms. The Bertz CT molecular complexity index is 722. The number of carbonyl (C=O) groups is 1. The lowest BCUT2D eigenvalue weighted by atomic mass is 10.2. The molecule has 1 N–H and O–H groups in total. The molecule has 7 heteroatoms. The Morgan fingerprint density at radius 3 is 2.74 bits per heavy atom. The van der Waals surface area contributed by atoms with Crippen LogP contribution in [0.2, 0.25) is 0 Å². The van der Waals surface area contributed by atoms with E-state index >= 15 is 0 Å². The molecule has 0 saturated carbocycles. The second-order valence-corrected chi connectivity index (χ2v) is 5.93. The first-order valence-corrected chi connectivity index (χ1v) is 8.82. The average Bonchev–Trinajstić information content (AvgIpc) is 3.18. The van der Waals surface area contributed by atoms with Crippen molar-refractivity contribution >= 4 is 5.97 Å². The van der Waals surface area contributed by atoms with Gasteiger partial charge >= 0.3 is 5.97 Å². The molecule has 0 aliphatic carbocycles. The fraction of sp³-hybridized carbons (Fsp3) is 0.400. The molecule has 1 aromatic carbocycles. The number of rotatable bonds is 11. The maximum absolute atomic E-state index is 11.6. The van der Waals surface area contributed by atoms with E-state index in [1.807, 2.05) is 11.0 Å². The third-order valence-electron chi connectivity index (χ3n) is 3.78. The van der Waals surface area contributed by atoms with Crippen LogP contribution in [0.4, 0.5) is 0 Å². The highest BCUT2D eigenvalue weighted by atomic mass is 16.5. The van der Waals surface area contributed by atoms with Crippen molar-refractivity contribution in [3.63, 3.8) is 0 Å². The molecule has 0 saturated heterocycles. The van der Waals surface area contributed by atoms with Crippen LogP contribution in [0.5, 0.6) is 5.75 Å². The highest BCUT2D eigenvalue weighted by Crippen LogP contribution is 2.14. The predicted octanol–water partition coefficient (Wildman–Crippen LogP) is 2.61. The number of hydrogen-bond acceptors (Lipinski definition) is 7. The zero-order valence-electron chi connectivity index (χ0n) is 15.3. The molecule has 0 bridgehead atoms. The number of ether oxygens (including phenoxy) is 2. The van der Waals surface area contributed by atoms with Crippen molar-refractivity contribution < 1.29 is 23.8 Å². The van der Waals surface area contributed by atoms with Crippen molar-refractivity contribution in [3.8, 4) is 11.8 Å². The van der Waals surface area contributed by atoms with Crippen LogP contribution in [0.3, 0.4) is 0 Å². The highest BCUT2D eigenvalue weighted by Gasteiger charge is 2.14. The van der Waals surface area contributed by atoms with E-state index in [-0.39, 0.29) is 12.6 Å². The molecule has 0 radical (unpaired) electrons. The quantitative estimate of drug-likeness (QED) is 0.606. The van der Waals surface area contributed by atoms with E-state index in [1.54, 1.807) is 43.5 Å². The minimum absolute atomic E-state index is 0.0972. The van der Waals surface area contributed by atoms with Gasteiger partial charge in [0.1, 0.15) is 24.2 Å². The Morgan fingerprint density at radius 1 is 1.33 bits per heavy atom. The van der Waals surface area contributed by atoms with Crippen LogP contribution < -0.4 is 4.74 Å². The number of nitriles is 1. The monoisotopic (exact) mass is 372 g/mol. The Morgan fingerprint density at radius 2 is 2.11 bits per heavy atom. The minimum Gasteiger partial charge on any atom is -0.491 e. The van der Waals surface area contributed by atoms with Gasteiger partial charge in [-0.3, -0.25) is 4.90 Å². The van der Waals surface area contributed by atoms with Crippen LogP contribution in [-0.4, -0.2) is 48.4 Å². The molecule has 144 valence electrons. The van der Waals surface area contributed by atoms with Crippen LogP contribution in [0.25, 0.3) is 0 Å². The van der Waals surface area contributed by atoms with E-state index in [2.05, 4.69) is 6.07 Å². The van der Waals surface area contributed by atoms with E-state index in [1.165, 1.54) is 0 Å². The van der Waals surface area contributed by atoms with Crippen molar-refractivity contribution in [2.75, 3.05) is 26.3 Å². The van der Waals surface area contributed by atoms with Gasteiger partial charge < -0.3 is 19.0 Å². The number of furan rings is 1. The molecule has 1 aromatic heterocycles. The van der Waals surface area contributed by atoms with E-state index < -0.39 is 6.10 Å². The van der Waals surface area contributed by atoms with Gasteiger partial charge in [-0.2, -0.15) is 5.26 Å². The summed E-state index contributed by atoms with van der Waals surface area (Å²) in [7, 11) is 0. The Labute approximate surface area is 158 Å². The SMILES string of the molecule is CCOC(=O)c1ccc(OC[C@H](O)CN(CCC#N)Cc2ccco2)cc1. The summed E-state index contributed by atoms with van der Waals surface area (Å²) >= 11 is 0. The average molecular weight is 372 g/mol. The second-order valence-electron chi connectivity index (χ2n) is 5.93. The molecular formula is C20H24N2O5. The normalized spacial score (nSPS) is 11.8. The first-order chi connectivity index (χ1) is 13.1. The fourth-order valence-corrected chi connectivity index (χ4v) is 2.51. The number of nitrogens with zero attached hydrogens (tertiary/aromatic N) is 2. The summed E-state index contributed by atoms with van der Waals surface area (Å²) in [5.74, 6) is 0.947. The van der Waals surface area contributed by atoms with Crippen molar-refractivity contribution in [2.45, 2.75) is 26.0 Å². The molecular weight excluding hydrogens is 348 g/mol. The fourth-order valence-electron chi connectivity index (χ4n) is 2.51. The zero-order chi connectivity index (χ0) is 19.5. The van der Waals surface area contributed by atoms with Crippen LogP contribution in [-0.2, 0) is 11.3 Å². The predicted molar refractivity (Wildman–Crippen MR) is 98.1 cm³/mol. The lowest BCUT2D eigenvalue weighted by molar-refractivity contribution is 0.0525. The minimum atomic E-state index is -0.733. The molecule has 7 nitrogen and oxygen atoms in total. The molecule has 2 rings (SSSR count). The number of carbonyl (C=O) groups excluding carboxylic acids is 1. The van der Waals surface area contributed by atoms with Gasteiger partial charge in [0.05, 0.1) is 31.0 Å². The van der Waals surface area contributed by atoms with Gasteiger partial charge in [-0.05, 0) is 43.3 Å². The number of aliphatic hydroxyl groups is 1. The van der Waals surface area contributed by atoms with Crippen LogP contribution in [0.15, 0.2) is 47.1 Å². The molecule has 1 atom stereocenters. The maximum atomic E-state index is 11.6. The molecule has 0 amide bonds. The summed E-state index contributed by atoms with van der Waals surface area (Å²) in [5, 5.41) is 19.1. The number of benzene rings is 1. The Balaban J connectivity index is 1.83. The van der Waals surface area contributed by atoms with Crippen molar-refractivity contribution in [3.05, 3.63) is 54.0 Å². The Kier molecular flexibility index (Phi) is 8.36. The third kappa shape index (κ3) is 7.13. The molecule has 2 aromatic rings. The summed E-state index contributed by atoms with van der Waals surface area (Å²) < 4.78 is 15.8. The molecule has 1 heterocycles. The maximum Gasteiger partial charge on any atom is 0.338 e. The van der Waals surface area contributed by atoms with Crippen molar-refractivity contribution in [1.29, 1.82) is 5.26 Å². The second kappa shape index (κ2) is 11.0. The largest absolute Gasteiger partial charge is 0.491 e. The van der Waals surface area contributed by atoms with Crippen molar-refractivity contribution in [2.24, 2.45) is 0 Å². The van der Waals surface area contributed by atoms with Gasteiger partial charge in [-0.15, -0.1) is 0 Å². The molecule has 0 fully saturated rings. The highest BCUT2D eigenvalue weighted by molar-refractivity contribution is 5.89. The zero-order valence-corrected chi connectivity index (χ0v) is 15.3. The number of esters is 1. The summed E-state index contributed by atoms with van der Waals surface area (Å²) in [4.78, 5) is 13.6. The first kappa shape index (κ1) is 20.5. The van der Waals surface area contributed by atoms with Gasteiger partial charge in [0, 0.05) is 19.5 Å². The summed E-state index contributed by atoms with van der Waals surface area (Å²) in [6.45, 7) is 3.57. The van der Waals surface area contributed by atoms with Crippen LogP contribution in [0.1, 0.15) is 29.5 Å². The molecule has 0 aliphatic heterocycles. The third-order valence-corrected chi connectivity index (χ3v) is 3.78. The molecule has 0 unspecified atom stereocenters. The smallest absolute Gasteiger partial charge is 0.338 e. The molecule has 0 aliphatic rings. The van der Waals surface area contributed by atoms with Gasteiger partial charge in [-0.1, -0.05) is 0 Å². The number of aliphatic hydroxyl groups excluding tert-OH is 1. The Hall–Kier alpha value is -2.82. The van der Waals surface area contributed by atoms with Crippen molar-refractivity contribution in [1.82, 2.24) is 4.90 Å². The summed E-state index contributed by atoms with van der Waals surface area (Å²) in [6, 6.07) is 12.3. The topological polar surface area (TPSA) is 95.9 Å². The lowest BCUT2D eigenvalue weighted by Gasteiger charge is -2.23. The van der Waals surface area contributed by atoms with Gasteiger partial charge in [0.15, 0.2) is 0 Å². The van der Waals surface area contributed by atoms with E-state index in [4.69, 9.17) is 19.2 Å². The first-order valence-electron chi connectivity index (χ1n) is 8.82. The van der Waals surface area contributed by atoms with Crippen LogP contribution in [0, 0.1) is 11.3 Å². The van der Waals surface area contributed by atoms with Gasteiger partial charge in [-0.25, -0.2) is 4.79 Å².